The van der Waals surface area contributed by atoms with Crippen LogP contribution in [0, 0.1) is 0 Å². The van der Waals surface area contributed by atoms with Crippen LogP contribution in [0.3, 0.4) is 0 Å². The first kappa shape index (κ1) is 12.4. The van der Waals surface area contributed by atoms with Crippen LogP contribution in [0.5, 0.6) is 5.75 Å². The molecule has 3 nitrogen and oxygen atoms in total. The maximum Gasteiger partial charge on any atom is 0.184 e. The Labute approximate surface area is 103 Å². The molecule has 0 aromatic heterocycles. The zero-order chi connectivity index (χ0) is 11.9. The summed E-state index contributed by atoms with van der Waals surface area (Å²) in [6, 6.07) is 7.97. The van der Waals surface area contributed by atoms with Crippen molar-refractivity contribution in [2.75, 3.05) is 19.8 Å². The molecule has 1 heterocycles. The zero-order valence-electron chi connectivity index (χ0n) is 10.4. The maximum atomic E-state index is 5.64. The van der Waals surface area contributed by atoms with Gasteiger partial charge in [-0.15, -0.1) is 0 Å². The molecule has 0 saturated carbocycles. The van der Waals surface area contributed by atoms with Gasteiger partial charge >= 0.3 is 0 Å². The van der Waals surface area contributed by atoms with Crippen molar-refractivity contribution in [2.45, 2.75) is 32.5 Å². The third-order valence-corrected chi connectivity index (χ3v) is 2.79. The Kier molecular flexibility index (Phi) is 4.83. The van der Waals surface area contributed by atoms with E-state index < -0.39 is 0 Å². The van der Waals surface area contributed by atoms with Crippen LogP contribution in [0.15, 0.2) is 24.3 Å². The average Bonchev–Trinajstić information content (AvgIpc) is 2.89. The van der Waals surface area contributed by atoms with Gasteiger partial charge in [-0.25, -0.2) is 0 Å². The van der Waals surface area contributed by atoms with Gasteiger partial charge in [0.05, 0.1) is 19.8 Å². The molecule has 1 aromatic rings. The van der Waals surface area contributed by atoms with Crippen LogP contribution >= 0.6 is 0 Å². The number of rotatable bonds is 6. The molecule has 1 fully saturated rings. The maximum absolute atomic E-state index is 5.64. The minimum absolute atomic E-state index is 0.191. The Hall–Kier alpha value is -1.06. The van der Waals surface area contributed by atoms with Crippen LogP contribution in [0.1, 0.15) is 38.0 Å². The second-order valence-corrected chi connectivity index (χ2v) is 4.20. The highest BCUT2D eigenvalue weighted by Gasteiger charge is 2.17. The molecule has 0 unspecified atom stereocenters. The minimum Gasteiger partial charge on any atom is -0.494 e. The summed E-state index contributed by atoms with van der Waals surface area (Å²) in [5, 5.41) is 0. The molecular formula is C14H20O3. The van der Waals surface area contributed by atoms with Crippen LogP contribution < -0.4 is 4.74 Å². The molecule has 17 heavy (non-hydrogen) atoms. The molecule has 0 amide bonds. The molecule has 0 bridgehead atoms. The summed E-state index contributed by atoms with van der Waals surface area (Å²) in [5.41, 5.74) is 1.06. The fraction of sp³-hybridized carbons (Fsp3) is 0.571. The van der Waals surface area contributed by atoms with Crippen molar-refractivity contribution in [3.8, 4) is 5.75 Å². The molecule has 3 heteroatoms. The third-order valence-electron chi connectivity index (χ3n) is 2.79. The first-order valence-electron chi connectivity index (χ1n) is 6.36. The van der Waals surface area contributed by atoms with Gasteiger partial charge in [-0.2, -0.15) is 0 Å². The molecular weight excluding hydrogens is 216 g/mol. The normalized spacial score (nSPS) is 16.3. The van der Waals surface area contributed by atoms with Crippen molar-refractivity contribution in [1.82, 2.24) is 0 Å². The molecule has 1 aliphatic rings. The first-order chi connectivity index (χ1) is 8.40. The smallest absolute Gasteiger partial charge is 0.184 e. The largest absolute Gasteiger partial charge is 0.494 e. The van der Waals surface area contributed by atoms with Crippen molar-refractivity contribution in [3.05, 3.63) is 29.8 Å². The highest BCUT2D eigenvalue weighted by atomic mass is 16.7. The van der Waals surface area contributed by atoms with Gasteiger partial charge in [0, 0.05) is 5.56 Å². The zero-order valence-corrected chi connectivity index (χ0v) is 10.4. The summed E-state index contributed by atoms with van der Waals surface area (Å²) in [5.74, 6) is 0.919. The van der Waals surface area contributed by atoms with Crippen LogP contribution in [-0.4, -0.2) is 19.8 Å². The van der Waals surface area contributed by atoms with E-state index in [0.29, 0.717) is 13.2 Å². The average molecular weight is 236 g/mol. The quantitative estimate of drug-likeness (QED) is 0.709. The van der Waals surface area contributed by atoms with E-state index in [1.807, 2.05) is 24.3 Å². The van der Waals surface area contributed by atoms with Crippen LogP contribution in [0.2, 0.25) is 0 Å². The number of hydrogen-bond donors (Lipinski definition) is 0. The van der Waals surface area contributed by atoms with Crippen molar-refractivity contribution in [3.63, 3.8) is 0 Å². The standard InChI is InChI=1S/C14H20O3/c1-2-3-4-9-15-13-7-5-12(6-8-13)14-16-10-11-17-14/h5-8,14H,2-4,9-11H2,1H3. The fourth-order valence-corrected chi connectivity index (χ4v) is 1.81. The molecule has 1 aromatic carbocycles. The monoisotopic (exact) mass is 236 g/mol. The van der Waals surface area contributed by atoms with E-state index in [-0.39, 0.29) is 6.29 Å². The van der Waals surface area contributed by atoms with Gasteiger partial charge in [0.25, 0.3) is 0 Å². The number of hydrogen-bond acceptors (Lipinski definition) is 3. The lowest BCUT2D eigenvalue weighted by Crippen LogP contribution is -1.99. The van der Waals surface area contributed by atoms with Crippen LogP contribution in [-0.2, 0) is 9.47 Å². The van der Waals surface area contributed by atoms with E-state index in [9.17, 15) is 0 Å². The minimum atomic E-state index is -0.191. The van der Waals surface area contributed by atoms with E-state index in [1.54, 1.807) is 0 Å². The highest BCUT2D eigenvalue weighted by molar-refractivity contribution is 5.28. The molecule has 2 rings (SSSR count). The van der Waals surface area contributed by atoms with E-state index in [4.69, 9.17) is 14.2 Å². The Morgan fingerprint density at radius 3 is 2.47 bits per heavy atom. The summed E-state index contributed by atoms with van der Waals surface area (Å²) in [4.78, 5) is 0. The molecule has 94 valence electrons. The lowest BCUT2D eigenvalue weighted by atomic mass is 10.2. The lowest BCUT2D eigenvalue weighted by molar-refractivity contribution is -0.0441. The summed E-state index contributed by atoms with van der Waals surface area (Å²) in [7, 11) is 0. The van der Waals surface area contributed by atoms with Gasteiger partial charge in [0.1, 0.15) is 5.75 Å². The van der Waals surface area contributed by atoms with Gasteiger partial charge in [-0.1, -0.05) is 31.9 Å². The van der Waals surface area contributed by atoms with E-state index in [2.05, 4.69) is 6.92 Å². The first-order valence-corrected chi connectivity index (χ1v) is 6.36. The number of benzene rings is 1. The van der Waals surface area contributed by atoms with Crippen LogP contribution in [0.25, 0.3) is 0 Å². The lowest BCUT2D eigenvalue weighted by Gasteiger charge is -2.10. The third kappa shape index (κ3) is 3.72. The van der Waals surface area contributed by atoms with Gasteiger partial charge in [0.2, 0.25) is 0 Å². The van der Waals surface area contributed by atoms with E-state index in [0.717, 1.165) is 24.3 Å². The van der Waals surface area contributed by atoms with Gasteiger partial charge in [-0.05, 0) is 18.6 Å². The molecule has 1 aliphatic heterocycles. The summed E-state index contributed by atoms with van der Waals surface area (Å²) in [6.45, 7) is 4.35. The van der Waals surface area contributed by atoms with Crippen molar-refractivity contribution < 1.29 is 14.2 Å². The van der Waals surface area contributed by atoms with E-state index in [1.165, 1.54) is 12.8 Å². The van der Waals surface area contributed by atoms with E-state index >= 15 is 0 Å². The number of ether oxygens (including phenoxy) is 3. The molecule has 0 atom stereocenters. The molecule has 1 saturated heterocycles. The Bertz CT molecular complexity index is 315. The Morgan fingerprint density at radius 1 is 1.12 bits per heavy atom. The topological polar surface area (TPSA) is 27.7 Å². The predicted molar refractivity (Wildman–Crippen MR) is 66.1 cm³/mol. The summed E-state index contributed by atoms with van der Waals surface area (Å²) >= 11 is 0. The van der Waals surface area contributed by atoms with Gasteiger partial charge in [0.15, 0.2) is 6.29 Å². The van der Waals surface area contributed by atoms with Gasteiger partial charge < -0.3 is 14.2 Å². The Balaban J connectivity index is 1.80. The number of unbranched alkanes of at least 4 members (excludes halogenated alkanes) is 2. The summed E-state index contributed by atoms with van der Waals surface area (Å²) < 4.78 is 16.5. The SMILES string of the molecule is CCCCCOc1ccc(C2OCCO2)cc1. The van der Waals surface area contributed by atoms with Crippen molar-refractivity contribution in [1.29, 1.82) is 0 Å². The molecule has 0 spiro atoms. The highest BCUT2D eigenvalue weighted by Crippen LogP contribution is 2.24. The predicted octanol–water partition coefficient (Wildman–Crippen LogP) is 3.30. The second kappa shape index (κ2) is 6.62. The molecule has 0 aliphatic carbocycles. The van der Waals surface area contributed by atoms with Crippen LogP contribution in [0.4, 0.5) is 0 Å². The Morgan fingerprint density at radius 2 is 1.82 bits per heavy atom. The fourth-order valence-electron chi connectivity index (χ4n) is 1.81. The van der Waals surface area contributed by atoms with Gasteiger partial charge in [-0.3, -0.25) is 0 Å². The summed E-state index contributed by atoms with van der Waals surface area (Å²) in [6.07, 6.45) is 3.37. The molecule has 0 N–H and O–H groups in total. The van der Waals surface area contributed by atoms with Crippen molar-refractivity contribution >= 4 is 0 Å². The molecule has 0 radical (unpaired) electrons. The second-order valence-electron chi connectivity index (χ2n) is 4.20. The van der Waals surface area contributed by atoms with Crippen molar-refractivity contribution in [2.24, 2.45) is 0 Å².